The number of ether oxygens (including phenoxy) is 1. The second-order valence-electron chi connectivity index (χ2n) is 14.6. The first-order chi connectivity index (χ1) is 23.3. The number of halogens is 1. The summed E-state index contributed by atoms with van der Waals surface area (Å²) in [5.41, 5.74) is 1.19. The van der Waals surface area contributed by atoms with E-state index in [1.165, 1.54) is 0 Å². The molecule has 1 aromatic heterocycles. The molecule has 3 aromatic carbocycles. The van der Waals surface area contributed by atoms with Gasteiger partial charge in [0.2, 0.25) is 5.91 Å². The van der Waals surface area contributed by atoms with Crippen LogP contribution in [-0.2, 0) is 4.79 Å². The van der Waals surface area contributed by atoms with Gasteiger partial charge in [-0.2, -0.15) is 9.97 Å². The molecule has 2 bridgehead atoms. The van der Waals surface area contributed by atoms with Crippen molar-refractivity contribution in [3.8, 4) is 22.9 Å². The number of fused-ring (bicyclic) bond motifs is 5. The van der Waals surface area contributed by atoms with Gasteiger partial charge in [0.1, 0.15) is 23.7 Å². The Kier molecular flexibility index (Phi) is 8.11. The van der Waals surface area contributed by atoms with Gasteiger partial charge >= 0.3 is 6.01 Å². The van der Waals surface area contributed by atoms with Crippen molar-refractivity contribution in [2.75, 3.05) is 58.3 Å². The SMILES string of the molecule is CN(C)CCCC(=O)N1C2CCC1CN(c1nc(OCC34CCCN3CCC4)nc3c(F)c(-c4cc(O)cc5ccccc45)ccc13)C2. The predicted molar refractivity (Wildman–Crippen MR) is 186 cm³/mol. The Bertz CT molecular complexity index is 1840. The van der Waals surface area contributed by atoms with Crippen molar-refractivity contribution in [2.45, 2.75) is 69.0 Å². The molecule has 4 saturated heterocycles. The maximum atomic E-state index is 16.9. The van der Waals surface area contributed by atoms with Gasteiger partial charge in [0.05, 0.1) is 5.54 Å². The van der Waals surface area contributed by atoms with Crippen molar-refractivity contribution in [3.05, 3.63) is 54.3 Å². The molecule has 9 nitrogen and oxygen atoms in total. The number of benzene rings is 3. The number of rotatable bonds is 9. The van der Waals surface area contributed by atoms with Crippen LogP contribution in [0, 0.1) is 5.82 Å². The average Bonchev–Trinajstić information content (AvgIpc) is 3.74. The molecular weight excluding hydrogens is 607 g/mol. The van der Waals surface area contributed by atoms with Gasteiger partial charge in [-0.25, -0.2) is 4.39 Å². The minimum absolute atomic E-state index is 0.00294. The number of phenolic OH excluding ortho intramolecular Hbond substituents is 1. The molecule has 10 heteroatoms. The van der Waals surface area contributed by atoms with Crippen LogP contribution in [0.25, 0.3) is 32.8 Å². The molecule has 0 aliphatic carbocycles. The summed E-state index contributed by atoms with van der Waals surface area (Å²) in [4.78, 5) is 32.1. The second-order valence-corrected chi connectivity index (χ2v) is 14.6. The monoisotopic (exact) mass is 652 g/mol. The molecule has 8 rings (SSSR count). The van der Waals surface area contributed by atoms with Crippen molar-refractivity contribution in [1.29, 1.82) is 0 Å². The second kappa shape index (κ2) is 12.5. The van der Waals surface area contributed by atoms with Crippen LogP contribution in [0.4, 0.5) is 10.2 Å². The lowest BCUT2D eigenvalue weighted by atomic mass is 9.95. The topological polar surface area (TPSA) is 85.3 Å². The summed E-state index contributed by atoms with van der Waals surface area (Å²) in [6.45, 7) is 4.83. The number of hydrogen-bond acceptors (Lipinski definition) is 8. The smallest absolute Gasteiger partial charge is 0.319 e. The van der Waals surface area contributed by atoms with E-state index in [0.29, 0.717) is 48.4 Å². The van der Waals surface area contributed by atoms with Crippen molar-refractivity contribution >= 4 is 33.4 Å². The van der Waals surface area contributed by atoms with Crippen LogP contribution in [0.1, 0.15) is 51.4 Å². The summed E-state index contributed by atoms with van der Waals surface area (Å²) in [5, 5.41) is 12.9. The van der Waals surface area contributed by atoms with Crippen molar-refractivity contribution in [3.63, 3.8) is 0 Å². The van der Waals surface area contributed by atoms with E-state index in [9.17, 15) is 9.90 Å². The predicted octanol–water partition coefficient (Wildman–Crippen LogP) is 5.82. The van der Waals surface area contributed by atoms with Crippen LogP contribution in [-0.4, -0.2) is 107 Å². The van der Waals surface area contributed by atoms with Crippen LogP contribution in [0.3, 0.4) is 0 Å². The number of amides is 1. The zero-order chi connectivity index (χ0) is 33.0. The highest BCUT2D eigenvalue weighted by atomic mass is 19.1. The molecule has 0 spiro atoms. The largest absolute Gasteiger partial charge is 0.508 e. The van der Waals surface area contributed by atoms with E-state index in [2.05, 4.69) is 19.6 Å². The number of aromatic nitrogens is 2. The molecular formula is C38H45FN6O3. The summed E-state index contributed by atoms with van der Waals surface area (Å²) in [6.07, 6.45) is 7.79. The highest BCUT2D eigenvalue weighted by Crippen LogP contribution is 2.42. The van der Waals surface area contributed by atoms with E-state index in [0.717, 1.165) is 75.4 Å². The maximum absolute atomic E-state index is 16.9. The molecule has 0 radical (unpaired) electrons. The standard InChI is InChI=1S/C38H45FN6O3/c1-42(2)17-5-10-33(47)45-26-11-12-27(45)23-43(22-26)36-31-14-13-30(32-21-28(46)20-25-8-3-4-9-29(25)32)34(39)35(31)40-37(41-36)48-24-38-15-6-18-44(38)19-7-16-38/h3-4,8-9,13-14,20-21,26-27,46H,5-7,10-12,15-19,22-24H2,1-2H3. The summed E-state index contributed by atoms with van der Waals surface area (Å²) < 4.78 is 23.3. The third-order valence-corrected chi connectivity index (χ3v) is 11.2. The van der Waals surface area contributed by atoms with Crippen molar-refractivity contribution in [2.24, 2.45) is 0 Å². The third-order valence-electron chi connectivity index (χ3n) is 11.2. The van der Waals surface area contributed by atoms with Gasteiger partial charge < -0.3 is 24.5 Å². The Morgan fingerprint density at radius 2 is 1.75 bits per heavy atom. The molecule has 1 amide bonds. The molecule has 4 aliphatic rings. The molecule has 4 aromatic rings. The Morgan fingerprint density at radius 3 is 2.50 bits per heavy atom. The molecule has 252 valence electrons. The van der Waals surface area contributed by atoms with Gasteiger partial charge in [0.25, 0.3) is 0 Å². The zero-order valence-electron chi connectivity index (χ0n) is 28.0. The van der Waals surface area contributed by atoms with E-state index < -0.39 is 5.82 Å². The fourth-order valence-corrected chi connectivity index (χ4v) is 8.98. The highest BCUT2D eigenvalue weighted by molar-refractivity contribution is 6.01. The third kappa shape index (κ3) is 5.52. The lowest BCUT2D eigenvalue weighted by Gasteiger charge is -2.42. The molecule has 2 atom stereocenters. The van der Waals surface area contributed by atoms with Gasteiger partial charge in [-0.05, 0) is 113 Å². The van der Waals surface area contributed by atoms with Crippen molar-refractivity contribution < 1.29 is 19.0 Å². The Morgan fingerprint density at radius 1 is 1.00 bits per heavy atom. The van der Waals surface area contributed by atoms with Gasteiger partial charge in [0, 0.05) is 42.5 Å². The lowest BCUT2D eigenvalue weighted by molar-refractivity contribution is -0.134. The average molecular weight is 653 g/mol. The molecule has 0 saturated carbocycles. The number of anilines is 1. The van der Waals surface area contributed by atoms with Gasteiger partial charge in [-0.1, -0.05) is 30.3 Å². The summed E-state index contributed by atoms with van der Waals surface area (Å²) in [7, 11) is 4.07. The van der Waals surface area contributed by atoms with Crippen LogP contribution < -0.4 is 9.64 Å². The number of carbonyl (C=O) groups is 1. The summed E-state index contributed by atoms with van der Waals surface area (Å²) >= 11 is 0. The first kappa shape index (κ1) is 31.3. The van der Waals surface area contributed by atoms with E-state index in [4.69, 9.17) is 14.7 Å². The van der Waals surface area contributed by atoms with Crippen LogP contribution in [0.2, 0.25) is 0 Å². The minimum atomic E-state index is -0.462. The Balaban J connectivity index is 1.17. The number of nitrogens with zero attached hydrogens (tertiary/aromatic N) is 6. The first-order valence-corrected chi connectivity index (χ1v) is 17.6. The molecule has 1 N–H and O–H groups in total. The van der Waals surface area contributed by atoms with Crippen molar-refractivity contribution in [1.82, 2.24) is 24.7 Å². The minimum Gasteiger partial charge on any atom is -0.508 e. The molecule has 2 unspecified atom stereocenters. The van der Waals surface area contributed by atoms with E-state index in [1.54, 1.807) is 18.2 Å². The number of aromatic hydroxyl groups is 1. The van der Waals surface area contributed by atoms with Crippen LogP contribution in [0.5, 0.6) is 11.8 Å². The number of piperazine rings is 1. The highest BCUT2D eigenvalue weighted by Gasteiger charge is 2.46. The zero-order valence-corrected chi connectivity index (χ0v) is 28.0. The number of phenols is 1. The van der Waals surface area contributed by atoms with E-state index in [1.807, 2.05) is 44.4 Å². The summed E-state index contributed by atoms with van der Waals surface area (Å²) in [6, 6.07) is 15.1. The maximum Gasteiger partial charge on any atom is 0.319 e. The molecule has 4 aliphatic heterocycles. The van der Waals surface area contributed by atoms with Crippen LogP contribution >= 0.6 is 0 Å². The van der Waals surface area contributed by atoms with E-state index in [-0.39, 0.29) is 40.8 Å². The fourth-order valence-electron chi connectivity index (χ4n) is 8.98. The van der Waals surface area contributed by atoms with Gasteiger partial charge in [-0.3, -0.25) is 9.69 Å². The lowest BCUT2D eigenvalue weighted by Crippen LogP contribution is -2.56. The van der Waals surface area contributed by atoms with E-state index >= 15 is 4.39 Å². The molecule has 48 heavy (non-hydrogen) atoms. The Hall–Kier alpha value is -4.02. The van der Waals surface area contributed by atoms with Crippen LogP contribution in [0.15, 0.2) is 48.5 Å². The molecule has 4 fully saturated rings. The fraction of sp³-hybridized carbons (Fsp3) is 0.500. The number of hydrogen-bond donors (Lipinski definition) is 1. The molecule has 5 heterocycles. The first-order valence-electron chi connectivity index (χ1n) is 17.6. The van der Waals surface area contributed by atoms with Gasteiger partial charge in [0.15, 0.2) is 5.82 Å². The van der Waals surface area contributed by atoms with Gasteiger partial charge in [-0.15, -0.1) is 0 Å². The quantitative estimate of drug-likeness (QED) is 0.242. The number of carbonyl (C=O) groups excluding carboxylic acids is 1. The normalized spacial score (nSPS) is 21.9. The summed E-state index contributed by atoms with van der Waals surface area (Å²) in [5.74, 6) is 0.504. The Labute approximate surface area is 281 Å².